The first-order valence-corrected chi connectivity index (χ1v) is 7.50. The molecule has 1 aliphatic carbocycles. The lowest BCUT2D eigenvalue weighted by Gasteiger charge is -2.39. The van der Waals surface area contributed by atoms with Crippen molar-refractivity contribution in [2.45, 2.75) is 38.1 Å². The Morgan fingerprint density at radius 2 is 2.10 bits per heavy atom. The molecule has 0 aliphatic heterocycles. The first-order valence-electron chi connectivity index (χ1n) is 6.75. The minimum atomic E-state index is -1.25. The summed E-state index contributed by atoms with van der Waals surface area (Å²) in [6.07, 6.45) is 2.91. The molecule has 2 rings (SSSR count). The zero-order chi connectivity index (χ0) is 15.6. The summed E-state index contributed by atoms with van der Waals surface area (Å²) in [4.78, 5) is 27.9. The monoisotopic (exact) mass is 330 g/mol. The lowest BCUT2D eigenvalue weighted by Crippen LogP contribution is -2.60. The van der Waals surface area contributed by atoms with Crippen molar-refractivity contribution in [1.29, 1.82) is 0 Å². The van der Waals surface area contributed by atoms with Crippen molar-refractivity contribution in [1.82, 2.24) is 10.3 Å². The fourth-order valence-electron chi connectivity index (χ4n) is 2.76. The van der Waals surface area contributed by atoms with E-state index in [4.69, 9.17) is 23.2 Å². The zero-order valence-electron chi connectivity index (χ0n) is 11.5. The van der Waals surface area contributed by atoms with Gasteiger partial charge in [0.05, 0.1) is 5.56 Å². The highest BCUT2D eigenvalue weighted by Gasteiger charge is 2.46. The van der Waals surface area contributed by atoms with Gasteiger partial charge in [-0.2, -0.15) is 0 Å². The van der Waals surface area contributed by atoms with Gasteiger partial charge in [-0.15, -0.1) is 0 Å². The van der Waals surface area contributed by atoms with Gasteiger partial charge in [0.1, 0.15) is 15.8 Å². The molecule has 0 aromatic carbocycles. The van der Waals surface area contributed by atoms with Crippen molar-refractivity contribution >= 4 is 35.1 Å². The quantitative estimate of drug-likeness (QED) is 0.834. The minimum Gasteiger partial charge on any atom is -0.479 e. The number of halogens is 2. The molecule has 1 aliphatic rings. The smallest absolute Gasteiger partial charge is 0.329 e. The predicted molar refractivity (Wildman–Crippen MR) is 79.7 cm³/mol. The Hall–Kier alpha value is -1.33. The molecule has 1 saturated carbocycles. The molecule has 7 heteroatoms. The van der Waals surface area contributed by atoms with Crippen LogP contribution in [0, 0.1) is 5.92 Å². The van der Waals surface area contributed by atoms with Gasteiger partial charge in [0.15, 0.2) is 0 Å². The number of carboxylic acids is 1. The van der Waals surface area contributed by atoms with Gasteiger partial charge >= 0.3 is 5.97 Å². The molecule has 1 amide bonds. The second-order valence-electron chi connectivity index (χ2n) is 5.35. The van der Waals surface area contributed by atoms with Crippen molar-refractivity contribution in [3.63, 3.8) is 0 Å². The van der Waals surface area contributed by atoms with Crippen LogP contribution in [0.4, 0.5) is 0 Å². The van der Waals surface area contributed by atoms with Gasteiger partial charge in [0.2, 0.25) is 0 Å². The molecule has 114 valence electrons. The number of carboxylic acid groups (broad SMARTS) is 1. The molecule has 2 unspecified atom stereocenters. The average molecular weight is 331 g/mol. The van der Waals surface area contributed by atoms with E-state index in [0.29, 0.717) is 6.42 Å². The first kappa shape index (κ1) is 16.0. The lowest BCUT2D eigenvalue weighted by molar-refractivity contribution is -0.148. The average Bonchev–Trinajstić information content (AvgIpc) is 2.41. The van der Waals surface area contributed by atoms with Gasteiger partial charge in [-0.05, 0) is 30.9 Å². The van der Waals surface area contributed by atoms with Crippen LogP contribution in [0.25, 0.3) is 0 Å². The van der Waals surface area contributed by atoms with Crippen molar-refractivity contribution < 1.29 is 14.7 Å². The standard InChI is InChI=1S/C14H16Cl2N2O3/c1-8-4-2-3-7-14(8,13(20)21)18-12(19)9-5-6-10(15)17-11(9)16/h5-6,8H,2-4,7H2,1H3,(H,18,19)(H,20,21). The molecular formula is C14H16Cl2N2O3. The van der Waals surface area contributed by atoms with Crippen LogP contribution in [0.3, 0.4) is 0 Å². The molecule has 1 aromatic heterocycles. The van der Waals surface area contributed by atoms with Gasteiger partial charge in [-0.3, -0.25) is 4.79 Å². The predicted octanol–water partition coefficient (Wildman–Crippen LogP) is 3.15. The summed E-state index contributed by atoms with van der Waals surface area (Å²) in [7, 11) is 0. The number of carbonyl (C=O) groups excluding carboxylic acids is 1. The van der Waals surface area contributed by atoms with Crippen LogP contribution in [-0.4, -0.2) is 27.5 Å². The summed E-state index contributed by atoms with van der Waals surface area (Å²) in [5.74, 6) is -1.70. The van der Waals surface area contributed by atoms with Crippen molar-refractivity contribution in [2.75, 3.05) is 0 Å². The van der Waals surface area contributed by atoms with Gasteiger partial charge in [0, 0.05) is 0 Å². The van der Waals surface area contributed by atoms with E-state index in [0.717, 1.165) is 19.3 Å². The summed E-state index contributed by atoms with van der Waals surface area (Å²) in [6.45, 7) is 1.84. The Morgan fingerprint density at radius 1 is 1.38 bits per heavy atom. The SMILES string of the molecule is CC1CCCCC1(NC(=O)c1ccc(Cl)nc1Cl)C(=O)O. The summed E-state index contributed by atoms with van der Waals surface area (Å²) in [5.41, 5.74) is -1.13. The molecule has 0 saturated heterocycles. The number of aliphatic carboxylic acids is 1. The third kappa shape index (κ3) is 3.14. The van der Waals surface area contributed by atoms with Crippen LogP contribution in [-0.2, 0) is 4.79 Å². The second-order valence-corrected chi connectivity index (χ2v) is 6.10. The fourth-order valence-corrected chi connectivity index (χ4v) is 3.19. The van der Waals surface area contributed by atoms with E-state index < -0.39 is 17.4 Å². The number of hydrogen-bond acceptors (Lipinski definition) is 3. The number of aromatic nitrogens is 1. The van der Waals surface area contributed by atoms with Crippen LogP contribution in [0.5, 0.6) is 0 Å². The van der Waals surface area contributed by atoms with Gasteiger partial charge < -0.3 is 10.4 Å². The van der Waals surface area contributed by atoms with Crippen molar-refractivity contribution in [3.05, 3.63) is 28.0 Å². The molecule has 1 heterocycles. The molecule has 21 heavy (non-hydrogen) atoms. The molecule has 0 radical (unpaired) electrons. The Bertz CT molecular complexity index is 579. The van der Waals surface area contributed by atoms with Crippen LogP contribution in [0.15, 0.2) is 12.1 Å². The van der Waals surface area contributed by atoms with Crippen LogP contribution >= 0.6 is 23.2 Å². The van der Waals surface area contributed by atoms with Gasteiger partial charge in [-0.25, -0.2) is 9.78 Å². The number of nitrogens with zero attached hydrogens (tertiary/aromatic N) is 1. The minimum absolute atomic E-state index is 0.0380. The number of nitrogens with one attached hydrogen (secondary N) is 1. The Balaban J connectivity index is 2.28. The third-order valence-electron chi connectivity index (χ3n) is 4.08. The van der Waals surface area contributed by atoms with E-state index in [1.807, 2.05) is 6.92 Å². The van der Waals surface area contributed by atoms with E-state index in [1.54, 1.807) is 0 Å². The normalized spacial score (nSPS) is 25.4. The molecule has 0 spiro atoms. The maximum atomic E-state index is 12.4. The number of rotatable bonds is 3. The van der Waals surface area contributed by atoms with Gasteiger partial charge in [0.25, 0.3) is 5.91 Å². The molecular weight excluding hydrogens is 315 g/mol. The molecule has 1 aromatic rings. The van der Waals surface area contributed by atoms with E-state index in [1.165, 1.54) is 12.1 Å². The summed E-state index contributed by atoms with van der Waals surface area (Å²) >= 11 is 11.6. The molecule has 0 bridgehead atoms. The largest absolute Gasteiger partial charge is 0.479 e. The zero-order valence-corrected chi connectivity index (χ0v) is 13.0. The Morgan fingerprint density at radius 3 is 2.67 bits per heavy atom. The Kier molecular flexibility index (Phi) is 4.74. The van der Waals surface area contributed by atoms with Gasteiger partial charge in [-0.1, -0.05) is 43.0 Å². The fraction of sp³-hybridized carbons (Fsp3) is 0.500. The van der Waals surface area contributed by atoms with E-state index in [2.05, 4.69) is 10.3 Å². The van der Waals surface area contributed by atoms with E-state index in [9.17, 15) is 14.7 Å². The highest BCUT2D eigenvalue weighted by atomic mass is 35.5. The molecule has 1 fully saturated rings. The summed E-state index contributed by atoms with van der Waals surface area (Å²) < 4.78 is 0. The first-order chi connectivity index (χ1) is 9.86. The van der Waals surface area contributed by atoms with E-state index >= 15 is 0 Å². The maximum Gasteiger partial charge on any atom is 0.329 e. The van der Waals surface area contributed by atoms with Crippen LogP contribution < -0.4 is 5.32 Å². The molecule has 2 atom stereocenters. The molecule has 2 N–H and O–H groups in total. The van der Waals surface area contributed by atoms with Crippen LogP contribution in [0.2, 0.25) is 10.3 Å². The highest BCUT2D eigenvalue weighted by Crippen LogP contribution is 2.34. The van der Waals surface area contributed by atoms with Crippen molar-refractivity contribution in [3.8, 4) is 0 Å². The number of amides is 1. The second kappa shape index (κ2) is 6.20. The Labute approximate surface area is 132 Å². The summed E-state index contributed by atoms with van der Waals surface area (Å²) in [6, 6.07) is 2.89. The number of hydrogen-bond donors (Lipinski definition) is 2. The van der Waals surface area contributed by atoms with Crippen molar-refractivity contribution in [2.24, 2.45) is 5.92 Å². The summed E-state index contributed by atoms with van der Waals surface area (Å²) in [5, 5.41) is 12.4. The lowest BCUT2D eigenvalue weighted by atomic mass is 9.73. The highest BCUT2D eigenvalue weighted by molar-refractivity contribution is 6.34. The maximum absolute atomic E-state index is 12.4. The third-order valence-corrected chi connectivity index (χ3v) is 4.58. The topological polar surface area (TPSA) is 79.3 Å². The molecule has 5 nitrogen and oxygen atoms in total. The number of pyridine rings is 1. The number of carbonyl (C=O) groups is 2. The van der Waals surface area contributed by atoms with Crippen LogP contribution in [0.1, 0.15) is 43.0 Å². The van der Waals surface area contributed by atoms with E-state index in [-0.39, 0.29) is 21.8 Å².